The molecule has 0 saturated heterocycles. The average molecular weight is 472 g/mol. The topological polar surface area (TPSA) is 70.2 Å². The lowest BCUT2D eigenvalue weighted by atomic mass is 10.1. The van der Waals surface area contributed by atoms with Crippen LogP contribution >= 0.6 is 35.4 Å². The van der Waals surface area contributed by atoms with Crippen molar-refractivity contribution in [3.8, 4) is 0 Å². The monoisotopic (exact) mass is 471 g/mol. The minimum atomic E-state index is -0.438. The molecule has 0 heterocycles. The van der Waals surface area contributed by atoms with Gasteiger partial charge in [0.1, 0.15) is 0 Å². The number of nitrogens with one attached hydrogen (secondary N) is 3. The van der Waals surface area contributed by atoms with Gasteiger partial charge in [-0.1, -0.05) is 59.6 Å². The predicted octanol–water partition coefficient (Wildman–Crippen LogP) is 5.69. The molecule has 3 aromatic rings. The van der Waals surface area contributed by atoms with Crippen LogP contribution in [0.2, 0.25) is 10.0 Å². The molecule has 0 fully saturated rings. The van der Waals surface area contributed by atoms with E-state index in [2.05, 4.69) is 16.0 Å². The standard InChI is InChI=1S/C23H19Cl2N3O2S/c24-17-11-16(12-18(25)13-17)22(30)28-23(31)27-20-8-4-7-19(14-20)26-21(29)10-9-15-5-2-1-3-6-15/h1-8,11-14H,9-10H2,(H,26,29)(H2,27,28,30,31). The molecule has 0 aliphatic heterocycles. The maximum absolute atomic E-state index is 12.3. The summed E-state index contributed by atoms with van der Waals surface area (Å²) in [5.41, 5.74) is 2.64. The van der Waals surface area contributed by atoms with Crippen molar-refractivity contribution in [2.45, 2.75) is 12.8 Å². The van der Waals surface area contributed by atoms with Gasteiger partial charge in [0, 0.05) is 33.4 Å². The van der Waals surface area contributed by atoms with E-state index < -0.39 is 5.91 Å². The number of carbonyl (C=O) groups is 2. The SMILES string of the molecule is O=C(CCc1ccccc1)Nc1cccc(NC(=S)NC(=O)c2cc(Cl)cc(Cl)c2)c1. The highest BCUT2D eigenvalue weighted by molar-refractivity contribution is 7.80. The summed E-state index contributed by atoms with van der Waals surface area (Å²) < 4.78 is 0. The number of hydrogen-bond acceptors (Lipinski definition) is 3. The van der Waals surface area contributed by atoms with Gasteiger partial charge in [-0.25, -0.2) is 0 Å². The number of amides is 2. The fourth-order valence-electron chi connectivity index (χ4n) is 2.82. The Morgan fingerprint density at radius 3 is 2.13 bits per heavy atom. The number of benzene rings is 3. The molecule has 31 heavy (non-hydrogen) atoms. The first-order chi connectivity index (χ1) is 14.9. The predicted molar refractivity (Wildman–Crippen MR) is 130 cm³/mol. The second-order valence-electron chi connectivity index (χ2n) is 6.68. The molecule has 8 heteroatoms. The molecule has 0 unspecified atom stereocenters. The summed E-state index contributed by atoms with van der Waals surface area (Å²) in [7, 11) is 0. The molecule has 0 spiro atoms. The summed E-state index contributed by atoms with van der Waals surface area (Å²) in [5.74, 6) is -0.526. The molecule has 2 amide bonds. The van der Waals surface area contributed by atoms with Crippen molar-refractivity contribution >= 4 is 63.7 Å². The molecule has 3 rings (SSSR count). The van der Waals surface area contributed by atoms with E-state index in [0.29, 0.717) is 39.8 Å². The van der Waals surface area contributed by atoms with Crippen molar-refractivity contribution in [2.75, 3.05) is 10.6 Å². The van der Waals surface area contributed by atoms with Crippen LogP contribution in [0.3, 0.4) is 0 Å². The Bertz CT molecular complexity index is 1090. The molecule has 0 aromatic heterocycles. The normalized spacial score (nSPS) is 10.3. The Morgan fingerprint density at radius 2 is 1.45 bits per heavy atom. The van der Waals surface area contributed by atoms with Crippen molar-refractivity contribution in [3.63, 3.8) is 0 Å². The number of anilines is 2. The Balaban J connectivity index is 1.54. The third-order valence-corrected chi connectivity index (χ3v) is 4.88. The lowest BCUT2D eigenvalue weighted by Gasteiger charge is -2.12. The number of thiocarbonyl (C=S) groups is 1. The van der Waals surface area contributed by atoms with E-state index in [9.17, 15) is 9.59 Å². The molecule has 0 aliphatic rings. The maximum Gasteiger partial charge on any atom is 0.257 e. The smallest absolute Gasteiger partial charge is 0.257 e. The van der Waals surface area contributed by atoms with Crippen LogP contribution in [0.5, 0.6) is 0 Å². The van der Waals surface area contributed by atoms with Gasteiger partial charge in [-0.2, -0.15) is 0 Å². The highest BCUT2D eigenvalue weighted by Gasteiger charge is 2.10. The minimum absolute atomic E-state index is 0.0882. The second kappa shape index (κ2) is 10.9. The van der Waals surface area contributed by atoms with Crippen LogP contribution in [0.4, 0.5) is 11.4 Å². The zero-order valence-electron chi connectivity index (χ0n) is 16.3. The van der Waals surface area contributed by atoms with Crippen molar-refractivity contribution in [1.29, 1.82) is 0 Å². The third-order valence-electron chi connectivity index (χ3n) is 4.24. The fourth-order valence-corrected chi connectivity index (χ4v) is 3.56. The zero-order chi connectivity index (χ0) is 22.2. The first-order valence-corrected chi connectivity index (χ1v) is 10.6. The van der Waals surface area contributed by atoms with Crippen LogP contribution in [-0.2, 0) is 11.2 Å². The Kier molecular flexibility index (Phi) is 8.00. The summed E-state index contributed by atoms with van der Waals surface area (Å²) in [4.78, 5) is 24.6. The Morgan fingerprint density at radius 1 is 0.806 bits per heavy atom. The van der Waals surface area contributed by atoms with E-state index in [4.69, 9.17) is 35.4 Å². The summed E-state index contributed by atoms with van der Waals surface area (Å²) >= 11 is 17.1. The molecule has 5 nitrogen and oxygen atoms in total. The number of aryl methyl sites for hydroxylation is 1. The molecule has 0 atom stereocenters. The Hall–Kier alpha value is -2.93. The average Bonchev–Trinajstić information content (AvgIpc) is 2.72. The first-order valence-electron chi connectivity index (χ1n) is 9.41. The summed E-state index contributed by atoms with van der Waals surface area (Å²) in [6, 6.07) is 21.4. The van der Waals surface area contributed by atoms with Gasteiger partial charge in [-0.15, -0.1) is 0 Å². The number of halogens is 2. The van der Waals surface area contributed by atoms with Crippen LogP contribution in [0.15, 0.2) is 72.8 Å². The first kappa shape index (κ1) is 22.7. The molecule has 3 N–H and O–H groups in total. The summed E-state index contributed by atoms with van der Waals surface area (Å²) in [6.45, 7) is 0. The van der Waals surface area contributed by atoms with Gasteiger partial charge in [0.15, 0.2) is 5.11 Å². The molecule has 0 aliphatic carbocycles. The van der Waals surface area contributed by atoms with Crippen molar-refractivity contribution in [3.05, 3.63) is 94.0 Å². The molecular weight excluding hydrogens is 453 g/mol. The molecular formula is C23H19Cl2N3O2S. The van der Waals surface area contributed by atoms with E-state index in [0.717, 1.165) is 5.56 Å². The Labute approximate surface area is 195 Å². The van der Waals surface area contributed by atoms with E-state index in [1.807, 2.05) is 30.3 Å². The van der Waals surface area contributed by atoms with Crippen LogP contribution in [0, 0.1) is 0 Å². The highest BCUT2D eigenvalue weighted by Crippen LogP contribution is 2.19. The van der Waals surface area contributed by atoms with Gasteiger partial charge in [0.25, 0.3) is 5.91 Å². The van der Waals surface area contributed by atoms with E-state index in [1.165, 1.54) is 18.2 Å². The largest absolute Gasteiger partial charge is 0.332 e. The van der Waals surface area contributed by atoms with Gasteiger partial charge in [0.05, 0.1) is 0 Å². The van der Waals surface area contributed by atoms with Gasteiger partial charge < -0.3 is 10.6 Å². The lowest BCUT2D eigenvalue weighted by molar-refractivity contribution is -0.116. The van der Waals surface area contributed by atoms with Crippen molar-refractivity contribution in [1.82, 2.24) is 5.32 Å². The zero-order valence-corrected chi connectivity index (χ0v) is 18.7. The molecule has 0 bridgehead atoms. The van der Waals surface area contributed by atoms with Gasteiger partial charge in [-0.05, 0) is 60.6 Å². The van der Waals surface area contributed by atoms with Crippen LogP contribution in [-0.4, -0.2) is 16.9 Å². The number of hydrogen-bond donors (Lipinski definition) is 3. The van der Waals surface area contributed by atoms with Crippen LogP contribution in [0.25, 0.3) is 0 Å². The molecule has 0 saturated carbocycles. The molecule has 3 aromatic carbocycles. The quantitative estimate of drug-likeness (QED) is 0.403. The van der Waals surface area contributed by atoms with Crippen molar-refractivity contribution in [2.24, 2.45) is 0 Å². The van der Waals surface area contributed by atoms with Crippen LogP contribution in [0.1, 0.15) is 22.3 Å². The lowest BCUT2D eigenvalue weighted by Crippen LogP contribution is -2.34. The van der Waals surface area contributed by atoms with E-state index >= 15 is 0 Å². The summed E-state index contributed by atoms with van der Waals surface area (Å²) in [6.07, 6.45) is 1.03. The van der Waals surface area contributed by atoms with E-state index in [-0.39, 0.29) is 11.0 Å². The molecule has 0 radical (unpaired) electrons. The number of rotatable bonds is 6. The number of carbonyl (C=O) groups excluding carboxylic acids is 2. The van der Waals surface area contributed by atoms with Crippen LogP contribution < -0.4 is 16.0 Å². The molecule has 158 valence electrons. The second-order valence-corrected chi connectivity index (χ2v) is 7.96. The van der Waals surface area contributed by atoms with E-state index in [1.54, 1.807) is 24.3 Å². The maximum atomic E-state index is 12.3. The van der Waals surface area contributed by atoms with Crippen molar-refractivity contribution < 1.29 is 9.59 Å². The van der Waals surface area contributed by atoms with Gasteiger partial charge in [-0.3, -0.25) is 14.9 Å². The minimum Gasteiger partial charge on any atom is -0.332 e. The highest BCUT2D eigenvalue weighted by atomic mass is 35.5. The third kappa shape index (κ3) is 7.36. The van der Waals surface area contributed by atoms with Gasteiger partial charge in [0.2, 0.25) is 5.91 Å². The summed E-state index contributed by atoms with van der Waals surface area (Å²) in [5, 5.41) is 9.18. The van der Waals surface area contributed by atoms with Gasteiger partial charge >= 0.3 is 0 Å². The fraction of sp³-hybridized carbons (Fsp3) is 0.0870.